The summed E-state index contributed by atoms with van der Waals surface area (Å²) in [5.74, 6) is 3.63. The molecule has 6 heterocycles. The first-order chi connectivity index (χ1) is 34.2. The van der Waals surface area contributed by atoms with Crippen LogP contribution in [0.4, 0.5) is 0 Å². The van der Waals surface area contributed by atoms with Crippen LogP contribution >= 0.6 is 45.3 Å². The zero-order chi connectivity index (χ0) is 48.2. The molecule has 0 unspecified atom stereocenters. The minimum atomic E-state index is -0.0655. The third kappa shape index (κ3) is 7.82. The average Bonchev–Trinajstić information content (AvgIpc) is 4.23. The molecule has 0 aliphatic carbocycles. The van der Waals surface area contributed by atoms with Crippen LogP contribution in [0.15, 0.2) is 93.1 Å². The van der Waals surface area contributed by atoms with Crippen molar-refractivity contribution in [2.24, 2.45) is 14.1 Å². The van der Waals surface area contributed by atoms with Gasteiger partial charge in [-0.15, -0.1) is 45.3 Å². The van der Waals surface area contributed by atoms with Crippen LogP contribution in [-0.2, 0) is 14.1 Å². The van der Waals surface area contributed by atoms with Gasteiger partial charge in [-0.25, -0.2) is 0 Å². The predicted molar refractivity (Wildman–Crippen MR) is 301 cm³/mol. The summed E-state index contributed by atoms with van der Waals surface area (Å²) < 4.78 is 34.7. The smallest absolute Gasteiger partial charge is 0.197 e. The Labute approximate surface area is 422 Å². The number of fused-ring (bicyclic) bond motifs is 8. The highest BCUT2D eigenvalue weighted by molar-refractivity contribution is 7.24. The van der Waals surface area contributed by atoms with Crippen LogP contribution in [0.25, 0.3) is 105 Å². The van der Waals surface area contributed by atoms with Gasteiger partial charge in [0.05, 0.1) is 67.3 Å². The molecular formula is C58H56N2O6S4. The number of thiophene rings is 4. The molecule has 0 aliphatic rings. The lowest BCUT2D eigenvalue weighted by molar-refractivity contribution is 0.312. The standard InChI is InChI=1S/C58H56N2O6S4/c1-7-11-21-63-51-35-19-25-67-55(35)53(65-23-13-9-3)41-31-47(69-57(41)51)33-15-17-43-37(27-33)49(61)39-29-46-40(30-45(39)59(43)5)50(62)38-28-34(16-18-44(38)60(46)6)48-32-42-54(66-24-14-10-4)56-36(20-26-68-56)52(58(42)70-48)64-22-12-8-2/h15-20,25-32H,7-14,21-24H2,1-6H3. The highest BCUT2D eigenvalue weighted by atomic mass is 32.1. The lowest BCUT2D eigenvalue weighted by Gasteiger charge is -2.15. The molecule has 5 aromatic carbocycles. The van der Waals surface area contributed by atoms with E-state index in [1.807, 2.05) is 50.5 Å². The van der Waals surface area contributed by atoms with Gasteiger partial charge in [-0.3, -0.25) is 9.59 Å². The van der Waals surface area contributed by atoms with E-state index in [-0.39, 0.29) is 10.9 Å². The summed E-state index contributed by atoms with van der Waals surface area (Å²) in [5.41, 5.74) is 4.82. The van der Waals surface area contributed by atoms with Crippen molar-refractivity contribution in [3.8, 4) is 43.9 Å². The Hall–Kier alpha value is -5.92. The number of hydrogen-bond donors (Lipinski definition) is 0. The highest BCUT2D eigenvalue weighted by Gasteiger charge is 2.24. The normalized spacial score (nSPS) is 12.1. The minimum absolute atomic E-state index is 0.0655. The number of aryl methyl sites for hydroxylation is 2. The van der Waals surface area contributed by atoms with Crippen molar-refractivity contribution >= 4 is 129 Å². The van der Waals surface area contributed by atoms with Crippen LogP contribution in [0.5, 0.6) is 23.0 Å². The maximum Gasteiger partial charge on any atom is 0.197 e. The number of ether oxygens (including phenoxy) is 4. The van der Waals surface area contributed by atoms with Gasteiger partial charge in [0.2, 0.25) is 0 Å². The Balaban J connectivity index is 1.02. The maximum absolute atomic E-state index is 14.8. The number of pyridine rings is 2. The van der Waals surface area contributed by atoms with Gasteiger partial charge in [0.25, 0.3) is 0 Å². The second kappa shape index (κ2) is 19.4. The summed E-state index contributed by atoms with van der Waals surface area (Å²) in [6, 6.07) is 24.9. The van der Waals surface area contributed by atoms with Gasteiger partial charge < -0.3 is 28.1 Å². The third-order valence-corrected chi connectivity index (χ3v) is 17.9. The predicted octanol–water partition coefficient (Wildman–Crippen LogP) is 16.6. The van der Waals surface area contributed by atoms with Crippen LogP contribution in [0.2, 0.25) is 0 Å². The van der Waals surface area contributed by atoms with Gasteiger partial charge in [-0.05, 0) is 108 Å². The van der Waals surface area contributed by atoms with E-state index in [1.165, 1.54) is 0 Å². The molecular weight excluding hydrogens is 949 g/mol. The lowest BCUT2D eigenvalue weighted by Crippen LogP contribution is -2.13. The molecule has 0 saturated carbocycles. The summed E-state index contributed by atoms with van der Waals surface area (Å²) >= 11 is 6.75. The summed E-state index contributed by atoms with van der Waals surface area (Å²) in [6.07, 6.45) is 8.10. The van der Waals surface area contributed by atoms with Gasteiger partial charge in [0.1, 0.15) is 23.0 Å². The van der Waals surface area contributed by atoms with Crippen LogP contribution in [0.3, 0.4) is 0 Å². The van der Waals surface area contributed by atoms with Crippen LogP contribution in [0.1, 0.15) is 79.1 Å². The Morgan fingerprint density at radius 2 is 0.757 bits per heavy atom. The topological polar surface area (TPSA) is 80.9 Å². The van der Waals surface area contributed by atoms with E-state index in [0.717, 1.165) is 147 Å². The molecule has 11 rings (SSSR count). The first kappa shape index (κ1) is 46.5. The van der Waals surface area contributed by atoms with Crippen molar-refractivity contribution in [2.75, 3.05) is 26.4 Å². The van der Waals surface area contributed by atoms with E-state index in [1.54, 1.807) is 45.3 Å². The Kier molecular flexibility index (Phi) is 12.8. The van der Waals surface area contributed by atoms with E-state index in [2.05, 4.69) is 84.0 Å². The maximum atomic E-state index is 14.8. The van der Waals surface area contributed by atoms with Crippen LogP contribution in [-0.4, -0.2) is 35.6 Å². The molecule has 70 heavy (non-hydrogen) atoms. The Bertz CT molecular complexity index is 3560. The zero-order valence-corrected chi connectivity index (χ0v) is 43.8. The van der Waals surface area contributed by atoms with Gasteiger partial charge >= 0.3 is 0 Å². The summed E-state index contributed by atoms with van der Waals surface area (Å²) in [7, 11) is 3.97. The molecule has 358 valence electrons. The van der Waals surface area contributed by atoms with Crippen molar-refractivity contribution in [3.63, 3.8) is 0 Å². The molecule has 0 N–H and O–H groups in total. The van der Waals surface area contributed by atoms with E-state index >= 15 is 0 Å². The fraction of sp³-hybridized carbons (Fsp3) is 0.310. The Morgan fingerprint density at radius 3 is 1.13 bits per heavy atom. The monoisotopic (exact) mass is 1000 g/mol. The number of hydrogen-bond acceptors (Lipinski definition) is 10. The molecule has 0 aliphatic heterocycles. The number of nitrogens with zero attached hydrogens (tertiary/aromatic N) is 2. The molecule has 12 heteroatoms. The zero-order valence-electron chi connectivity index (χ0n) is 40.5. The fourth-order valence-electron chi connectivity index (χ4n) is 9.78. The molecule has 0 spiro atoms. The van der Waals surface area contributed by atoms with Gasteiger partial charge in [0, 0.05) is 66.9 Å². The van der Waals surface area contributed by atoms with Gasteiger partial charge in [-0.2, -0.15) is 0 Å². The Morgan fingerprint density at radius 1 is 0.400 bits per heavy atom. The first-order valence-corrected chi connectivity index (χ1v) is 28.1. The quantitative estimate of drug-likeness (QED) is 0.0629. The SMILES string of the molecule is CCCCOc1c2cc(-c3ccc4c(c3)c(=O)c3cc5c(cc3n4C)c(=O)c3cc(-c4cc6c(OCCCC)c7sccc7c(OCCCC)c6s4)ccc3n5C)sc2c(OCCCC)c2ccsc12. The highest BCUT2D eigenvalue weighted by Crippen LogP contribution is 2.52. The lowest BCUT2D eigenvalue weighted by atomic mass is 10.0. The molecule has 0 bridgehead atoms. The third-order valence-electron chi connectivity index (χ3n) is 13.7. The number of rotatable bonds is 18. The van der Waals surface area contributed by atoms with E-state index in [9.17, 15) is 9.59 Å². The number of benzene rings is 5. The molecule has 0 fully saturated rings. The van der Waals surface area contributed by atoms with Crippen LogP contribution < -0.4 is 29.8 Å². The molecule has 0 saturated heterocycles. The molecule has 0 amide bonds. The van der Waals surface area contributed by atoms with Gasteiger partial charge in [0.15, 0.2) is 10.9 Å². The van der Waals surface area contributed by atoms with Crippen molar-refractivity contribution in [2.45, 2.75) is 79.1 Å². The van der Waals surface area contributed by atoms with Crippen LogP contribution in [0, 0.1) is 0 Å². The van der Waals surface area contributed by atoms with Crippen molar-refractivity contribution < 1.29 is 18.9 Å². The fourth-order valence-corrected chi connectivity index (χ4v) is 13.9. The van der Waals surface area contributed by atoms with E-state index in [4.69, 9.17) is 18.9 Å². The largest absolute Gasteiger partial charge is 0.491 e. The summed E-state index contributed by atoms with van der Waals surface area (Å²) in [4.78, 5) is 31.7. The molecule has 6 aromatic heterocycles. The van der Waals surface area contributed by atoms with E-state index in [0.29, 0.717) is 59.0 Å². The van der Waals surface area contributed by atoms with Crippen molar-refractivity contribution in [1.29, 1.82) is 0 Å². The second-order valence-corrected chi connectivity index (χ2v) is 22.2. The first-order valence-electron chi connectivity index (χ1n) is 24.7. The second-order valence-electron chi connectivity index (χ2n) is 18.3. The minimum Gasteiger partial charge on any atom is -0.491 e. The molecule has 11 aromatic rings. The van der Waals surface area contributed by atoms with Crippen molar-refractivity contribution in [1.82, 2.24) is 9.13 Å². The van der Waals surface area contributed by atoms with Crippen molar-refractivity contribution in [3.05, 3.63) is 104 Å². The number of aromatic nitrogens is 2. The van der Waals surface area contributed by atoms with E-state index < -0.39 is 0 Å². The molecule has 8 nitrogen and oxygen atoms in total. The molecule has 0 radical (unpaired) electrons. The summed E-state index contributed by atoms with van der Waals surface area (Å²) in [6.45, 7) is 11.3. The average molecular weight is 1010 g/mol. The summed E-state index contributed by atoms with van der Waals surface area (Å²) in [5, 5.41) is 10.9. The molecule has 0 atom stereocenters. The number of unbranched alkanes of at least 4 members (excludes halogenated alkanes) is 4. The van der Waals surface area contributed by atoms with Gasteiger partial charge in [-0.1, -0.05) is 65.5 Å².